The molecular weight excluding hydrogens is 255 g/mol. The molecule has 1 aromatic rings. The molecule has 0 aromatic heterocycles. The van der Waals surface area contributed by atoms with Crippen LogP contribution in [0.25, 0.3) is 0 Å². The lowest BCUT2D eigenvalue weighted by molar-refractivity contribution is 0.0841. The van der Waals surface area contributed by atoms with E-state index < -0.39 is 0 Å². The van der Waals surface area contributed by atoms with Crippen molar-refractivity contribution in [1.29, 1.82) is 0 Å². The van der Waals surface area contributed by atoms with Crippen LogP contribution in [0.1, 0.15) is 25.3 Å². The highest BCUT2D eigenvalue weighted by Gasteiger charge is 2.23. The fourth-order valence-electron chi connectivity index (χ4n) is 3.21. The van der Waals surface area contributed by atoms with Crippen molar-refractivity contribution >= 4 is 5.69 Å². The van der Waals surface area contributed by atoms with Crippen LogP contribution in [0, 0.1) is 5.82 Å². The van der Waals surface area contributed by atoms with Crippen molar-refractivity contribution in [2.24, 2.45) is 0 Å². The maximum Gasteiger partial charge on any atom is 0.125 e. The zero-order valence-corrected chi connectivity index (χ0v) is 12.1. The Morgan fingerprint density at radius 1 is 1.50 bits per heavy atom. The third-order valence-electron chi connectivity index (χ3n) is 4.41. The van der Waals surface area contributed by atoms with E-state index >= 15 is 0 Å². The summed E-state index contributed by atoms with van der Waals surface area (Å²) in [6, 6.07) is 5.52. The molecule has 0 spiro atoms. The second-order valence-electron chi connectivity index (χ2n) is 5.80. The van der Waals surface area contributed by atoms with Crippen molar-refractivity contribution in [2.45, 2.75) is 38.3 Å². The molecular formula is C16H23FN2O. The van der Waals surface area contributed by atoms with E-state index in [1.54, 1.807) is 12.1 Å². The summed E-state index contributed by atoms with van der Waals surface area (Å²) in [5.41, 5.74) is 2.33. The van der Waals surface area contributed by atoms with Crippen LogP contribution >= 0.6 is 0 Å². The second kappa shape index (κ2) is 6.10. The molecule has 1 fully saturated rings. The van der Waals surface area contributed by atoms with Gasteiger partial charge in [0.1, 0.15) is 5.82 Å². The molecule has 1 saturated heterocycles. The Labute approximate surface area is 120 Å². The minimum atomic E-state index is -0.142. The summed E-state index contributed by atoms with van der Waals surface area (Å²) in [7, 11) is 0. The summed E-state index contributed by atoms with van der Waals surface area (Å²) in [6.07, 6.45) is 3.72. The summed E-state index contributed by atoms with van der Waals surface area (Å²) in [4.78, 5) is 2.27. The number of hydrogen-bond acceptors (Lipinski definition) is 3. The molecule has 0 radical (unpaired) electrons. The van der Waals surface area contributed by atoms with E-state index in [2.05, 4.69) is 17.1 Å². The van der Waals surface area contributed by atoms with Gasteiger partial charge in [0.15, 0.2) is 0 Å². The third-order valence-corrected chi connectivity index (χ3v) is 4.41. The van der Waals surface area contributed by atoms with Gasteiger partial charge < -0.3 is 15.0 Å². The summed E-state index contributed by atoms with van der Waals surface area (Å²) < 4.78 is 19.0. The number of benzene rings is 1. The average Bonchev–Trinajstić information content (AvgIpc) is 3.08. The molecule has 0 amide bonds. The SMILES string of the molecule is CC(NCCN1CCc2ccc(F)cc21)C1CCCO1. The summed E-state index contributed by atoms with van der Waals surface area (Å²) in [5, 5.41) is 3.54. The van der Waals surface area contributed by atoms with Crippen molar-refractivity contribution in [3.8, 4) is 0 Å². The number of nitrogens with one attached hydrogen (secondary N) is 1. The lowest BCUT2D eigenvalue weighted by atomic mass is 10.1. The highest BCUT2D eigenvalue weighted by Crippen LogP contribution is 2.28. The quantitative estimate of drug-likeness (QED) is 0.895. The first-order valence-corrected chi connectivity index (χ1v) is 7.62. The molecule has 4 heteroatoms. The Balaban J connectivity index is 1.49. The van der Waals surface area contributed by atoms with Crippen molar-refractivity contribution in [3.63, 3.8) is 0 Å². The number of anilines is 1. The van der Waals surface area contributed by atoms with Crippen LogP contribution in [0.5, 0.6) is 0 Å². The van der Waals surface area contributed by atoms with E-state index in [1.165, 1.54) is 12.0 Å². The summed E-state index contributed by atoms with van der Waals surface area (Å²) >= 11 is 0. The molecule has 0 aliphatic carbocycles. The highest BCUT2D eigenvalue weighted by atomic mass is 19.1. The van der Waals surface area contributed by atoms with E-state index in [-0.39, 0.29) is 5.82 Å². The van der Waals surface area contributed by atoms with Crippen LogP contribution < -0.4 is 10.2 Å². The van der Waals surface area contributed by atoms with Crippen molar-refractivity contribution in [2.75, 3.05) is 31.1 Å². The largest absolute Gasteiger partial charge is 0.377 e. The number of ether oxygens (including phenoxy) is 1. The first-order valence-electron chi connectivity index (χ1n) is 7.62. The molecule has 20 heavy (non-hydrogen) atoms. The Morgan fingerprint density at radius 2 is 2.40 bits per heavy atom. The van der Waals surface area contributed by atoms with E-state index in [1.807, 2.05) is 6.07 Å². The molecule has 2 aliphatic heterocycles. The molecule has 1 aromatic carbocycles. The summed E-state index contributed by atoms with van der Waals surface area (Å²) in [6.45, 7) is 5.92. The van der Waals surface area contributed by atoms with E-state index in [9.17, 15) is 4.39 Å². The topological polar surface area (TPSA) is 24.5 Å². The molecule has 1 N–H and O–H groups in total. The Morgan fingerprint density at radius 3 is 3.20 bits per heavy atom. The van der Waals surface area contributed by atoms with Gasteiger partial charge in [0.25, 0.3) is 0 Å². The lowest BCUT2D eigenvalue weighted by Gasteiger charge is -2.24. The summed E-state index contributed by atoms with van der Waals surface area (Å²) in [5.74, 6) is -0.142. The lowest BCUT2D eigenvalue weighted by Crippen LogP contribution is -2.41. The smallest absolute Gasteiger partial charge is 0.125 e. The van der Waals surface area contributed by atoms with Gasteiger partial charge in [-0.2, -0.15) is 0 Å². The van der Waals surface area contributed by atoms with Gasteiger partial charge in [-0.15, -0.1) is 0 Å². The Hall–Kier alpha value is -1.13. The van der Waals surface area contributed by atoms with Crippen LogP contribution in [0.15, 0.2) is 18.2 Å². The molecule has 2 atom stereocenters. The fourth-order valence-corrected chi connectivity index (χ4v) is 3.21. The number of fused-ring (bicyclic) bond motifs is 1. The highest BCUT2D eigenvalue weighted by molar-refractivity contribution is 5.58. The molecule has 110 valence electrons. The zero-order chi connectivity index (χ0) is 13.9. The Bertz CT molecular complexity index is 460. The number of nitrogens with zero attached hydrogens (tertiary/aromatic N) is 1. The molecule has 2 unspecified atom stereocenters. The average molecular weight is 278 g/mol. The molecule has 2 aliphatic rings. The Kier molecular flexibility index (Phi) is 4.22. The maximum absolute atomic E-state index is 13.3. The van der Waals surface area contributed by atoms with Gasteiger partial charge >= 0.3 is 0 Å². The monoisotopic (exact) mass is 278 g/mol. The first-order chi connectivity index (χ1) is 9.74. The predicted octanol–water partition coefficient (Wildman–Crippen LogP) is 2.35. The first kappa shape index (κ1) is 13.8. The minimum absolute atomic E-state index is 0.142. The molecule has 3 rings (SSSR count). The molecule has 3 nitrogen and oxygen atoms in total. The van der Waals surface area contributed by atoms with Crippen LogP contribution in [0.4, 0.5) is 10.1 Å². The van der Waals surface area contributed by atoms with Crippen molar-refractivity contribution in [3.05, 3.63) is 29.6 Å². The van der Waals surface area contributed by atoms with Crippen LogP contribution in [-0.4, -0.2) is 38.4 Å². The van der Waals surface area contributed by atoms with Crippen molar-refractivity contribution in [1.82, 2.24) is 5.32 Å². The van der Waals surface area contributed by atoms with Gasteiger partial charge in [0, 0.05) is 38.0 Å². The number of halogens is 1. The molecule has 0 saturated carbocycles. The van der Waals surface area contributed by atoms with Gasteiger partial charge in [-0.3, -0.25) is 0 Å². The van der Waals surface area contributed by atoms with E-state index in [0.29, 0.717) is 12.1 Å². The van der Waals surface area contributed by atoms with Crippen LogP contribution in [0.3, 0.4) is 0 Å². The molecule has 2 heterocycles. The van der Waals surface area contributed by atoms with Crippen LogP contribution in [0.2, 0.25) is 0 Å². The van der Waals surface area contributed by atoms with Crippen LogP contribution in [-0.2, 0) is 11.2 Å². The fraction of sp³-hybridized carbons (Fsp3) is 0.625. The number of rotatable bonds is 5. The van der Waals surface area contributed by atoms with E-state index in [0.717, 1.165) is 44.8 Å². The van der Waals surface area contributed by atoms with Gasteiger partial charge in [-0.05, 0) is 43.9 Å². The third kappa shape index (κ3) is 2.96. The second-order valence-corrected chi connectivity index (χ2v) is 5.80. The van der Waals surface area contributed by atoms with Gasteiger partial charge in [0.2, 0.25) is 0 Å². The number of hydrogen-bond donors (Lipinski definition) is 1. The van der Waals surface area contributed by atoms with Gasteiger partial charge in [-0.25, -0.2) is 4.39 Å². The zero-order valence-electron chi connectivity index (χ0n) is 12.1. The molecule has 0 bridgehead atoms. The van der Waals surface area contributed by atoms with Crippen molar-refractivity contribution < 1.29 is 9.13 Å². The normalized spacial score (nSPS) is 23.1. The van der Waals surface area contributed by atoms with Gasteiger partial charge in [0.05, 0.1) is 6.10 Å². The minimum Gasteiger partial charge on any atom is -0.377 e. The predicted molar refractivity (Wildman–Crippen MR) is 78.8 cm³/mol. The maximum atomic E-state index is 13.3. The van der Waals surface area contributed by atoms with E-state index in [4.69, 9.17) is 4.74 Å². The van der Waals surface area contributed by atoms with Gasteiger partial charge in [-0.1, -0.05) is 6.07 Å². The standard InChI is InChI=1S/C16H23FN2O/c1-12(16-3-2-10-20-16)18-7-9-19-8-6-13-4-5-14(17)11-15(13)19/h4-5,11-12,16,18H,2-3,6-10H2,1H3.